The Hall–Kier alpha value is -1.70. The lowest BCUT2D eigenvalue weighted by molar-refractivity contribution is -0.697. The summed E-state index contributed by atoms with van der Waals surface area (Å²) in [7, 11) is 2.21. The van der Waals surface area contributed by atoms with E-state index in [1.807, 2.05) is 0 Å². The van der Waals surface area contributed by atoms with Gasteiger partial charge in [-0.2, -0.15) is 0 Å². The molecule has 0 unspecified atom stereocenters. The van der Waals surface area contributed by atoms with Crippen molar-refractivity contribution < 1.29 is 9.13 Å². The molecule has 2 heterocycles. The first-order valence-corrected chi connectivity index (χ1v) is 11.6. The lowest BCUT2D eigenvalue weighted by atomic mass is 9.85. The third-order valence-corrected chi connectivity index (χ3v) is 5.84. The van der Waals surface area contributed by atoms with Gasteiger partial charge in [0.2, 0.25) is 0 Å². The third kappa shape index (κ3) is 6.66. The molecule has 0 amide bonds. The highest BCUT2D eigenvalue weighted by molar-refractivity contribution is 5.63. The number of rotatable bonds is 8. The van der Waals surface area contributed by atoms with Crippen LogP contribution in [-0.4, -0.2) is 0 Å². The molecule has 2 aromatic heterocycles. The molecule has 0 bridgehead atoms. The molecule has 2 heteroatoms. The normalized spacial score (nSPS) is 12.4. The summed E-state index contributed by atoms with van der Waals surface area (Å²) >= 11 is 0. The first-order valence-electron chi connectivity index (χ1n) is 11.6. The lowest BCUT2D eigenvalue weighted by Gasteiger charge is -2.23. The van der Waals surface area contributed by atoms with E-state index in [9.17, 15) is 0 Å². The fourth-order valence-electron chi connectivity index (χ4n) is 4.14. The van der Waals surface area contributed by atoms with Gasteiger partial charge in [-0.3, -0.25) is 0 Å². The predicted octanol–water partition coefficient (Wildman–Crippen LogP) is 6.42. The fraction of sp³-hybridized carbons (Fsp3) is 0.630. The molecule has 160 valence electrons. The van der Waals surface area contributed by atoms with E-state index in [1.165, 1.54) is 61.0 Å². The standard InChI is InChI=1S/C27H44N2/c1-9-10-11-12-13-14-17-29-18-15-22(16-19-29)23-20-24(26(2,3)4)28(8)25(21-23)27(5,6)7/h15-16,18-21H,9-14,17H2,1-8H3/q+2. The van der Waals surface area contributed by atoms with Crippen molar-refractivity contribution in [1.29, 1.82) is 0 Å². The Balaban J connectivity index is 2.21. The first kappa shape index (κ1) is 23.6. The van der Waals surface area contributed by atoms with Gasteiger partial charge in [-0.15, -0.1) is 0 Å². The summed E-state index contributed by atoms with van der Waals surface area (Å²) in [6, 6.07) is 9.32. The minimum Gasteiger partial charge on any atom is -0.205 e. The second-order valence-corrected chi connectivity index (χ2v) is 10.7. The second kappa shape index (κ2) is 9.87. The van der Waals surface area contributed by atoms with E-state index in [4.69, 9.17) is 0 Å². The van der Waals surface area contributed by atoms with Gasteiger partial charge in [0, 0.05) is 41.5 Å². The van der Waals surface area contributed by atoms with Crippen molar-refractivity contribution in [3.8, 4) is 11.1 Å². The maximum Gasteiger partial charge on any atom is 0.187 e. The molecule has 2 aromatic rings. The van der Waals surface area contributed by atoms with Crippen LogP contribution >= 0.6 is 0 Å². The van der Waals surface area contributed by atoms with Crippen LogP contribution in [0.2, 0.25) is 0 Å². The van der Waals surface area contributed by atoms with Crippen molar-refractivity contribution in [1.82, 2.24) is 0 Å². The van der Waals surface area contributed by atoms with Crippen LogP contribution in [0.5, 0.6) is 0 Å². The number of hydrogen-bond acceptors (Lipinski definition) is 0. The van der Waals surface area contributed by atoms with Crippen LogP contribution < -0.4 is 9.13 Å². The summed E-state index contributed by atoms with van der Waals surface area (Å²) in [6.07, 6.45) is 12.6. The van der Waals surface area contributed by atoms with E-state index in [2.05, 4.69) is 101 Å². The van der Waals surface area contributed by atoms with Gasteiger partial charge in [0.05, 0.1) is 0 Å². The maximum atomic E-state index is 2.39. The zero-order chi connectivity index (χ0) is 21.7. The summed E-state index contributed by atoms with van der Waals surface area (Å²) in [5, 5.41) is 0. The Morgan fingerprint density at radius 2 is 1.17 bits per heavy atom. The highest BCUT2D eigenvalue weighted by Crippen LogP contribution is 2.29. The average Bonchev–Trinajstić information content (AvgIpc) is 2.63. The largest absolute Gasteiger partial charge is 0.205 e. The minimum atomic E-state index is 0.108. The number of nitrogens with zero attached hydrogens (tertiary/aromatic N) is 2. The zero-order valence-electron chi connectivity index (χ0n) is 20.3. The summed E-state index contributed by atoms with van der Waals surface area (Å²) in [5.41, 5.74) is 5.60. The van der Waals surface area contributed by atoms with E-state index in [1.54, 1.807) is 0 Å². The Bertz CT molecular complexity index is 739. The van der Waals surface area contributed by atoms with E-state index in [-0.39, 0.29) is 10.8 Å². The fourth-order valence-corrected chi connectivity index (χ4v) is 4.14. The zero-order valence-corrected chi connectivity index (χ0v) is 20.3. The molecule has 0 aromatic carbocycles. The molecule has 0 fully saturated rings. The monoisotopic (exact) mass is 396 g/mol. The minimum absolute atomic E-state index is 0.108. The summed E-state index contributed by atoms with van der Waals surface area (Å²) < 4.78 is 4.73. The smallest absolute Gasteiger partial charge is 0.187 e. The third-order valence-electron chi connectivity index (χ3n) is 5.84. The maximum absolute atomic E-state index is 2.39. The molecule has 2 nitrogen and oxygen atoms in total. The molecule has 0 spiro atoms. The summed E-state index contributed by atoms with van der Waals surface area (Å²) in [5.74, 6) is 0. The topological polar surface area (TPSA) is 7.76 Å². The number of aryl methyl sites for hydroxylation is 1. The SMILES string of the molecule is CCCCCCCC[n+]1ccc(-c2cc(C(C)(C)C)[n+](C)c(C(C)(C)C)c2)cc1. The molecular weight excluding hydrogens is 352 g/mol. The predicted molar refractivity (Wildman–Crippen MR) is 124 cm³/mol. The van der Waals surface area contributed by atoms with Crippen molar-refractivity contribution in [3.05, 3.63) is 48.0 Å². The van der Waals surface area contributed by atoms with Crippen LogP contribution in [-0.2, 0) is 24.4 Å². The number of pyridine rings is 2. The van der Waals surface area contributed by atoms with Gasteiger partial charge < -0.3 is 0 Å². The Morgan fingerprint density at radius 3 is 1.66 bits per heavy atom. The van der Waals surface area contributed by atoms with Crippen LogP contribution in [0.1, 0.15) is 98.4 Å². The number of hydrogen-bond donors (Lipinski definition) is 0. The Morgan fingerprint density at radius 1 is 0.690 bits per heavy atom. The molecule has 0 aliphatic rings. The number of aromatic nitrogens is 2. The van der Waals surface area contributed by atoms with E-state index in [0.29, 0.717) is 0 Å². The second-order valence-electron chi connectivity index (χ2n) is 10.7. The molecule has 2 rings (SSSR count). The lowest BCUT2D eigenvalue weighted by Crippen LogP contribution is -2.46. The molecular formula is C27H44N2+2. The molecule has 0 saturated heterocycles. The van der Waals surface area contributed by atoms with Crippen LogP contribution in [0.4, 0.5) is 0 Å². The van der Waals surface area contributed by atoms with Gasteiger partial charge in [0.25, 0.3) is 0 Å². The van der Waals surface area contributed by atoms with Crippen LogP contribution in [0.15, 0.2) is 36.7 Å². The molecule has 0 saturated carbocycles. The van der Waals surface area contributed by atoms with Gasteiger partial charge >= 0.3 is 0 Å². The van der Waals surface area contributed by atoms with E-state index in [0.717, 1.165) is 6.54 Å². The van der Waals surface area contributed by atoms with E-state index >= 15 is 0 Å². The number of unbranched alkanes of at least 4 members (excludes halogenated alkanes) is 5. The van der Waals surface area contributed by atoms with Crippen LogP contribution in [0.3, 0.4) is 0 Å². The van der Waals surface area contributed by atoms with Gasteiger partial charge in [-0.05, 0) is 17.5 Å². The highest BCUT2D eigenvalue weighted by atomic mass is 15.0. The Kier molecular flexibility index (Phi) is 8.02. The quantitative estimate of drug-likeness (QED) is 0.359. The average molecular weight is 397 g/mol. The molecule has 0 radical (unpaired) electrons. The van der Waals surface area contributed by atoms with Gasteiger partial charge in [0.1, 0.15) is 13.6 Å². The highest BCUT2D eigenvalue weighted by Gasteiger charge is 2.32. The van der Waals surface area contributed by atoms with Crippen molar-refractivity contribution in [3.63, 3.8) is 0 Å². The molecule has 0 N–H and O–H groups in total. The summed E-state index contributed by atoms with van der Waals surface area (Å²) in [6.45, 7) is 17.2. The summed E-state index contributed by atoms with van der Waals surface area (Å²) in [4.78, 5) is 0. The van der Waals surface area contributed by atoms with Gasteiger partial charge in [-0.25, -0.2) is 9.13 Å². The van der Waals surface area contributed by atoms with E-state index < -0.39 is 0 Å². The van der Waals surface area contributed by atoms with Crippen LogP contribution in [0.25, 0.3) is 11.1 Å². The Labute approximate surface area is 180 Å². The molecule has 0 aliphatic carbocycles. The molecule has 0 aliphatic heterocycles. The molecule has 29 heavy (non-hydrogen) atoms. The molecule has 0 atom stereocenters. The van der Waals surface area contributed by atoms with Gasteiger partial charge in [0.15, 0.2) is 23.8 Å². The van der Waals surface area contributed by atoms with Crippen molar-refractivity contribution in [2.24, 2.45) is 7.05 Å². The van der Waals surface area contributed by atoms with Crippen LogP contribution in [0, 0.1) is 0 Å². The van der Waals surface area contributed by atoms with Crippen molar-refractivity contribution >= 4 is 0 Å². The van der Waals surface area contributed by atoms with Gasteiger partial charge in [-0.1, -0.05) is 74.1 Å². The van der Waals surface area contributed by atoms with Crippen molar-refractivity contribution in [2.45, 2.75) is 104 Å². The first-order chi connectivity index (χ1) is 13.5. The van der Waals surface area contributed by atoms with Crippen molar-refractivity contribution in [2.75, 3.05) is 0 Å².